The molecule has 1 saturated heterocycles. The molecule has 1 aromatic rings. The van der Waals surface area contributed by atoms with E-state index in [1.165, 1.54) is 0 Å². The van der Waals surface area contributed by atoms with E-state index in [1.54, 1.807) is 12.1 Å². The van der Waals surface area contributed by atoms with Gasteiger partial charge >= 0.3 is 0 Å². The fraction of sp³-hybridized carbons (Fsp3) is 0.500. The van der Waals surface area contributed by atoms with Gasteiger partial charge in [0.15, 0.2) is 18.1 Å². The summed E-state index contributed by atoms with van der Waals surface area (Å²) in [6.07, 6.45) is 1.11. The first-order valence-corrected chi connectivity index (χ1v) is 7.14. The van der Waals surface area contributed by atoms with Crippen LogP contribution in [0, 0.1) is 11.3 Å². The minimum atomic E-state index is -0.863. The molecule has 1 heterocycles. The van der Waals surface area contributed by atoms with Gasteiger partial charge in [-0.25, -0.2) is 0 Å². The molecule has 0 bridgehead atoms. The zero-order valence-electron chi connectivity index (χ0n) is 11.0. The van der Waals surface area contributed by atoms with Crippen LogP contribution >= 0.6 is 15.9 Å². The summed E-state index contributed by atoms with van der Waals surface area (Å²) in [6.45, 7) is 1.21. The Hall–Kier alpha value is -1.29. The topological polar surface area (TPSA) is 71.7 Å². The molecule has 6 heteroatoms. The third kappa shape index (κ3) is 4.10. The second-order valence-corrected chi connectivity index (χ2v) is 5.58. The molecule has 0 aliphatic carbocycles. The molecule has 108 valence electrons. The van der Waals surface area contributed by atoms with Crippen LogP contribution in [-0.2, 0) is 4.74 Å². The average molecular weight is 342 g/mol. The third-order valence-corrected chi connectivity index (χ3v) is 3.61. The number of nitrogens with zero attached hydrogens (tertiary/aromatic N) is 1. The summed E-state index contributed by atoms with van der Waals surface area (Å²) in [5, 5.41) is 18.9. The van der Waals surface area contributed by atoms with Crippen molar-refractivity contribution < 1.29 is 19.3 Å². The van der Waals surface area contributed by atoms with Crippen LogP contribution < -0.4 is 9.47 Å². The quantitative estimate of drug-likeness (QED) is 0.889. The largest absolute Gasteiger partial charge is 0.487 e. The smallest absolute Gasteiger partial charge is 0.174 e. The monoisotopic (exact) mass is 341 g/mol. The summed E-state index contributed by atoms with van der Waals surface area (Å²) in [7, 11) is 0. The number of ether oxygens (including phenoxy) is 3. The Morgan fingerprint density at radius 1 is 1.30 bits per heavy atom. The first-order chi connectivity index (χ1) is 9.63. The van der Waals surface area contributed by atoms with Gasteiger partial charge in [0.1, 0.15) is 18.3 Å². The van der Waals surface area contributed by atoms with Crippen LogP contribution in [0.15, 0.2) is 22.7 Å². The van der Waals surface area contributed by atoms with Gasteiger partial charge in [-0.15, -0.1) is 0 Å². The van der Waals surface area contributed by atoms with Crippen molar-refractivity contribution in [1.29, 1.82) is 5.26 Å². The molecule has 0 amide bonds. The molecule has 5 nitrogen and oxygen atoms in total. The number of hydrogen-bond acceptors (Lipinski definition) is 5. The molecule has 0 atom stereocenters. The highest BCUT2D eigenvalue weighted by molar-refractivity contribution is 9.10. The summed E-state index contributed by atoms with van der Waals surface area (Å²) in [5.41, 5.74) is -0.863. The van der Waals surface area contributed by atoms with Gasteiger partial charge in [-0.1, -0.05) is 15.9 Å². The van der Waals surface area contributed by atoms with Gasteiger partial charge in [0, 0.05) is 30.5 Å². The molecule has 0 aromatic heterocycles. The van der Waals surface area contributed by atoms with Crippen LogP contribution in [-0.4, -0.2) is 37.1 Å². The summed E-state index contributed by atoms with van der Waals surface area (Å²) in [6, 6.07) is 7.23. The van der Waals surface area contributed by atoms with E-state index in [4.69, 9.17) is 19.5 Å². The second kappa shape index (κ2) is 6.93. The molecule has 20 heavy (non-hydrogen) atoms. The Morgan fingerprint density at radius 2 is 2.05 bits per heavy atom. The number of benzene rings is 1. The van der Waals surface area contributed by atoms with Crippen molar-refractivity contribution in [2.45, 2.75) is 18.4 Å². The zero-order chi connectivity index (χ0) is 14.4. The molecular weight excluding hydrogens is 326 g/mol. The van der Waals surface area contributed by atoms with Gasteiger partial charge in [0.05, 0.1) is 0 Å². The van der Waals surface area contributed by atoms with E-state index < -0.39 is 5.60 Å². The molecule has 0 spiro atoms. The number of nitriles is 1. The lowest BCUT2D eigenvalue weighted by molar-refractivity contribution is -0.0858. The Kier molecular flexibility index (Phi) is 5.24. The first-order valence-electron chi connectivity index (χ1n) is 6.35. The highest BCUT2D eigenvalue weighted by Crippen LogP contribution is 2.32. The lowest BCUT2D eigenvalue weighted by Gasteiger charge is -2.31. The molecular formula is C14H16BrNO4. The van der Waals surface area contributed by atoms with E-state index in [2.05, 4.69) is 15.9 Å². The fourth-order valence-electron chi connectivity index (χ4n) is 1.93. The van der Waals surface area contributed by atoms with Crippen molar-refractivity contribution in [1.82, 2.24) is 0 Å². The maximum Gasteiger partial charge on any atom is 0.174 e. The molecule has 1 aromatic carbocycles. The summed E-state index contributed by atoms with van der Waals surface area (Å²) >= 11 is 3.34. The van der Waals surface area contributed by atoms with Gasteiger partial charge in [0.25, 0.3) is 0 Å². The van der Waals surface area contributed by atoms with Crippen LogP contribution in [0.5, 0.6) is 11.5 Å². The number of rotatable bonds is 5. The van der Waals surface area contributed by atoms with Crippen LogP contribution in [0.4, 0.5) is 0 Å². The highest BCUT2D eigenvalue weighted by Gasteiger charge is 2.31. The van der Waals surface area contributed by atoms with Crippen LogP contribution in [0.3, 0.4) is 0 Å². The lowest BCUT2D eigenvalue weighted by Crippen LogP contribution is -2.41. The van der Waals surface area contributed by atoms with Gasteiger partial charge in [0.2, 0.25) is 0 Å². The SMILES string of the molecule is N#CCOc1cc(Br)ccc1OCC1(O)CCOCC1. The Bertz CT molecular complexity index is 494. The van der Waals surface area contributed by atoms with Gasteiger partial charge in [-0.05, 0) is 18.2 Å². The number of aliphatic hydroxyl groups is 1. The first kappa shape index (κ1) is 15.1. The lowest BCUT2D eigenvalue weighted by atomic mass is 9.96. The Labute approximate surface area is 126 Å². The second-order valence-electron chi connectivity index (χ2n) is 4.66. The molecule has 1 fully saturated rings. The van der Waals surface area contributed by atoms with E-state index in [0.717, 1.165) is 4.47 Å². The minimum absolute atomic E-state index is 0.0507. The molecule has 1 aliphatic rings. The van der Waals surface area contributed by atoms with E-state index in [9.17, 15) is 5.11 Å². The zero-order valence-corrected chi connectivity index (χ0v) is 12.6. The van der Waals surface area contributed by atoms with Crippen molar-refractivity contribution in [2.75, 3.05) is 26.4 Å². The van der Waals surface area contributed by atoms with Gasteiger partial charge in [-0.3, -0.25) is 0 Å². The maximum absolute atomic E-state index is 10.3. The van der Waals surface area contributed by atoms with E-state index >= 15 is 0 Å². The standard InChI is InChI=1S/C14H16BrNO4/c15-11-1-2-12(13(9-11)19-8-5-16)20-10-14(17)3-6-18-7-4-14/h1-2,9,17H,3-4,6-8,10H2. The summed E-state index contributed by atoms with van der Waals surface area (Å²) in [4.78, 5) is 0. The van der Waals surface area contributed by atoms with E-state index in [-0.39, 0.29) is 13.2 Å². The minimum Gasteiger partial charge on any atom is -0.487 e. The third-order valence-electron chi connectivity index (χ3n) is 3.12. The van der Waals surface area contributed by atoms with Crippen molar-refractivity contribution in [3.63, 3.8) is 0 Å². The Balaban J connectivity index is 2.02. The normalized spacial score (nSPS) is 17.2. The van der Waals surface area contributed by atoms with Crippen LogP contribution in [0.25, 0.3) is 0 Å². The highest BCUT2D eigenvalue weighted by atomic mass is 79.9. The van der Waals surface area contributed by atoms with Crippen molar-refractivity contribution in [3.05, 3.63) is 22.7 Å². The van der Waals surface area contributed by atoms with Crippen LogP contribution in [0.2, 0.25) is 0 Å². The fourth-order valence-corrected chi connectivity index (χ4v) is 2.27. The Morgan fingerprint density at radius 3 is 2.75 bits per heavy atom. The molecule has 1 aliphatic heterocycles. The van der Waals surface area contributed by atoms with Gasteiger partial charge < -0.3 is 19.3 Å². The van der Waals surface area contributed by atoms with Crippen molar-refractivity contribution in [2.24, 2.45) is 0 Å². The van der Waals surface area contributed by atoms with Crippen molar-refractivity contribution >= 4 is 15.9 Å². The summed E-state index contributed by atoms with van der Waals surface area (Å²) in [5.74, 6) is 1.000. The predicted octanol–water partition coefficient (Wildman–Crippen LogP) is 2.27. The molecule has 2 rings (SSSR count). The van der Waals surface area contributed by atoms with Gasteiger partial charge in [-0.2, -0.15) is 5.26 Å². The van der Waals surface area contributed by atoms with Crippen LogP contribution in [0.1, 0.15) is 12.8 Å². The molecule has 0 saturated carbocycles. The molecule has 0 radical (unpaired) electrons. The average Bonchev–Trinajstić information content (AvgIpc) is 2.45. The maximum atomic E-state index is 10.3. The number of hydrogen-bond donors (Lipinski definition) is 1. The molecule has 0 unspecified atom stereocenters. The summed E-state index contributed by atoms with van der Waals surface area (Å²) < 4.78 is 17.1. The molecule has 1 N–H and O–H groups in total. The number of halogens is 1. The van der Waals surface area contributed by atoms with E-state index in [0.29, 0.717) is 37.6 Å². The predicted molar refractivity (Wildman–Crippen MR) is 75.7 cm³/mol. The van der Waals surface area contributed by atoms with Crippen molar-refractivity contribution in [3.8, 4) is 17.6 Å². The van der Waals surface area contributed by atoms with E-state index in [1.807, 2.05) is 12.1 Å².